The van der Waals surface area contributed by atoms with E-state index in [0.717, 1.165) is 31.0 Å². The fourth-order valence-electron chi connectivity index (χ4n) is 1.94. The molecule has 1 amide bonds. The fraction of sp³-hybridized carbons (Fsp3) is 0.417. The van der Waals surface area contributed by atoms with E-state index in [2.05, 4.69) is 15.9 Å². The maximum absolute atomic E-state index is 13.4. The Bertz CT molecular complexity index is 439. The maximum atomic E-state index is 13.4. The first-order chi connectivity index (χ1) is 8.08. The van der Waals surface area contributed by atoms with E-state index in [9.17, 15) is 13.6 Å². The number of hydrogen-bond acceptors (Lipinski definition) is 1. The molecule has 1 aromatic rings. The molecule has 1 aliphatic heterocycles. The zero-order chi connectivity index (χ0) is 12.4. The SMILES string of the molecule is O=C(c1cc(F)ccc1F)N1CCCC(Br)C1. The zero-order valence-corrected chi connectivity index (χ0v) is 10.7. The molecule has 2 nitrogen and oxygen atoms in total. The number of hydrogen-bond donors (Lipinski definition) is 0. The van der Waals surface area contributed by atoms with Crippen LogP contribution < -0.4 is 0 Å². The molecule has 92 valence electrons. The summed E-state index contributed by atoms with van der Waals surface area (Å²) in [5.74, 6) is -1.71. The third-order valence-electron chi connectivity index (χ3n) is 2.81. The van der Waals surface area contributed by atoms with Gasteiger partial charge >= 0.3 is 0 Å². The van der Waals surface area contributed by atoms with Crippen LogP contribution in [0.15, 0.2) is 18.2 Å². The van der Waals surface area contributed by atoms with E-state index in [4.69, 9.17) is 0 Å². The third-order valence-corrected chi connectivity index (χ3v) is 3.56. The molecule has 0 bridgehead atoms. The van der Waals surface area contributed by atoms with Gasteiger partial charge in [-0.05, 0) is 31.0 Å². The lowest BCUT2D eigenvalue weighted by atomic mass is 10.1. The summed E-state index contributed by atoms with van der Waals surface area (Å²) in [6.07, 6.45) is 1.87. The molecular formula is C12H12BrF2NO. The minimum absolute atomic E-state index is 0.188. The summed E-state index contributed by atoms with van der Waals surface area (Å²) in [5, 5.41) is 0. The summed E-state index contributed by atoms with van der Waals surface area (Å²) in [5.41, 5.74) is -0.188. The van der Waals surface area contributed by atoms with Gasteiger partial charge in [-0.3, -0.25) is 4.79 Å². The molecule has 1 fully saturated rings. The van der Waals surface area contributed by atoms with Crippen molar-refractivity contribution in [2.24, 2.45) is 0 Å². The van der Waals surface area contributed by atoms with Crippen LogP contribution in [0.2, 0.25) is 0 Å². The predicted molar refractivity (Wildman–Crippen MR) is 64.2 cm³/mol. The zero-order valence-electron chi connectivity index (χ0n) is 9.13. The molecule has 1 unspecified atom stereocenters. The number of rotatable bonds is 1. The minimum Gasteiger partial charge on any atom is -0.337 e. The molecule has 17 heavy (non-hydrogen) atoms. The molecule has 0 N–H and O–H groups in total. The first kappa shape index (κ1) is 12.5. The van der Waals surface area contributed by atoms with E-state index < -0.39 is 17.5 Å². The number of halogens is 3. The Morgan fingerprint density at radius 2 is 2.18 bits per heavy atom. The van der Waals surface area contributed by atoms with Gasteiger partial charge in [-0.1, -0.05) is 15.9 Å². The van der Waals surface area contributed by atoms with Crippen molar-refractivity contribution in [2.45, 2.75) is 17.7 Å². The second-order valence-electron chi connectivity index (χ2n) is 4.11. The van der Waals surface area contributed by atoms with Gasteiger partial charge in [-0.15, -0.1) is 0 Å². The van der Waals surface area contributed by atoms with E-state index >= 15 is 0 Å². The van der Waals surface area contributed by atoms with Gasteiger partial charge < -0.3 is 4.90 Å². The highest BCUT2D eigenvalue weighted by atomic mass is 79.9. The Morgan fingerprint density at radius 3 is 2.88 bits per heavy atom. The molecule has 1 aromatic carbocycles. The van der Waals surface area contributed by atoms with Crippen molar-refractivity contribution < 1.29 is 13.6 Å². The van der Waals surface area contributed by atoms with Gasteiger partial charge in [0, 0.05) is 17.9 Å². The monoisotopic (exact) mass is 303 g/mol. The van der Waals surface area contributed by atoms with Gasteiger partial charge in [0.1, 0.15) is 11.6 Å². The van der Waals surface area contributed by atoms with Crippen molar-refractivity contribution in [3.63, 3.8) is 0 Å². The number of amides is 1. The number of nitrogens with zero attached hydrogens (tertiary/aromatic N) is 1. The summed E-state index contributed by atoms with van der Waals surface area (Å²) < 4.78 is 26.5. The summed E-state index contributed by atoms with van der Waals surface area (Å²) in [7, 11) is 0. The molecule has 5 heteroatoms. The fourth-order valence-corrected chi connectivity index (χ4v) is 2.61. The number of benzene rings is 1. The number of piperidine rings is 1. The van der Waals surface area contributed by atoms with Crippen molar-refractivity contribution in [1.29, 1.82) is 0 Å². The van der Waals surface area contributed by atoms with Crippen molar-refractivity contribution in [2.75, 3.05) is 13.1 Å². The van der Waals surface area contributed by atoms with Crippen LogP contribution in [0.1, 0.15) is 23.2 Å². The lowest BCUT2D eigenvalue weighted by Crippen LogP contribution is -2.40. The summed E-state index contributed by atoms with van der Waals surface area (Å²) >= 11 is 3.44. The Balaban J connectivity index is 2.21. The number of alkyl halides is 1. The largest absolute Gasteiger partial charge is 0.337 e. The van der Waals surface area contributed by atoms with E-state index in [0.29, 0.717) is 13.1 Å². The molecule has 2 rings (SSSR count). The first-order valence-corrected chi connectivity index (χ1v) is 6.38. The smallest absolute Gasteiger partial charge is 0.256 e. The Hall–Kier alpha value is -0.970. The van der Waals surface area contributed by atoms with E-state index in [1.165, 1.54) is 0 Å². The Morgan fingerprint density at radius 1 is 1.41 bits per heavy atom. The van der Waals surface area contributed by atoms with Gasteiger partial charge in [-0.25, -0.2) is 8.78 Å². The van der Waals surface area contributed by atoms with E-state index in [-0.39, 0.29) is 10.4 Å². The Kier molecular flexibility index (Phi) is 3.76. The van der Waals surface area contributed by atoms with Gasteiger partial charge in [-0.2, -0.15) is 0 Å². The van der Waals surface area contributed by atoms with Crippen LogP contribution >= 0.6 is 15.9 Å². The van der Waals surface area contributed by atoms with Crippen molar-refractivity contribution in [3.8, 4) is 0 Å². The molecule has 1 saturated heterocycles. The molecular weight excluding hydrogens is 292 g/mol. The second kappa shape index (κ2) is 5.12. The highest BCUT2D eigenvalue weighted by Gasteiger charge is 2.24. The average molecular weight is 304 g/mol. The molecule has 0 radical (unpaired) electrons. The summed E-state index contributed by atoms with van der Waals surface area (Å²) in [4.78, 5) is 13.8. The topological polar surface area (TPSA) is 20.3 Å². The van der Waals surface area contributed by atoms with Gasteiger partial charge in [0.05, 0.1) is 5.56 Å². The van der Waals surface area contributed by atoms with Crippen LogP contribution in [0.25, 0.3) is 0 Å². The van der Waals surface area contributed by atoms with Crippen LogP contribution in [-0.2, 0) is 0 Å². The lowest BCUT2D eigenvalue weighted by Gasteiger charge is -2.30. The average Bonchev–Trinajstić information content (AvgIpc) is 2.31. The van der Waals surface area contributed by atoms with Crippen LogP contribution in [0.5, 0.6) is 0 Å². The minimum atomic E-state index is -0.673. The third kappa shape index (κ3) is 2.83. The standard InChI is InChI=1S/C12H12BrF2NO/c13-8-2-1-5-16(7-8)12(17)10-6-9(14)3-4-11(10)15/h3-4,6,8H,1-2,5,7H2. The number of likely N-dealkylation sites (tertiary alicyclic amines) is 1. The van der Waals surface area contributed by atoms with Gasteiger partial charge in [0.2, 0.25) is 0 Å². The quantitative estimate of drug-likeness (QED) is 0.731. The van der Waals surface area contributed by atoms with Gasteiger partial charge in [0.15, 0.2) is 0 Å². The van der Waals surface area contributed by atoms with Gasteiger partial charge in [0.25, 0.3) is 5.91 Å². The summed E-state index contributed by atoms with van der Waals surface area (Å²) in [6.45, 7) is 1.13. The van der Waals surface area contributed by atoms with Crippen molar-refractivity contribution in [1.82, 2.24) is 4.90 Å². The lowest BCUT2D eigenvalue weighted by molar-refractivity contribution is 0.0724. The highest BCUT2D eigenvalue weighted by Crippen LogP contribution is 2.20. The number of carbonyl (C=O) groups is 1. The van der Waals surface area contributed by atoms with Crippen LogP contribution in [0.4, 0.5) is 8.78 Å². The summed E-state index contributed by atoms with van der Waals surface area (Å²) in [6, 6.07) is 2.95. The van der Waals surface area contributed by atoms with Crippen LogP contribution in [-0.4, -0.2) is 28.7 Å². The van der Waals surface area contributed by atoms with Crippen LogP contribution in [0, 0.1) is 11.6 Å². The van der Waals surface area contributed by atoms with Crippen molar-refractivity contribution in [3.05, 3.63) is 35.4 Å². The molecule has 1 atom stereocenters. The molecule has 0 aromatic heterocycles. The molecule has 1 aliphatic rings. The Labute approximate surface area is 107 Å². The molecule has 0 saturated carbocycles. The maximum Gasteiger partial charge on any atom is 0.256 e. The second-order valence-corrected chi connectivity index (χ2v) is 5.41. The highest BCUT2D eigenvalue weighted by molar-refractivity contribution is 9.09. The normalized spacial score (nSPS) is 20.4. The molecule has 0 aliphatic carbocycles. The predicted octanol–water partition coefficient (Wildman–Crippen LogP) is 2.96. The number of carbonyl (C=O) groups excluding carboxylic acids is 1. The molecule has 1 heterocycles. The van der Waals surface area contributed by atoms with E-state index in [1.807, 2.05) is 0 Å². The van der Waals surface area contributed by atoms with Crippen molar-refractivity contribution >= 4 is 21.8 Å². The van der Waals surface area contributed by atoms with Crippen LogP contribution in [0.3, 0.4) is 0 Å². The first-order valence-electron chi connectivity index (χ1n) is 5.46. The molecule has 0 spiro atoms. The van der Waals surface area contributed by atoms with E-state index in [1.54, 1.807) is 4.90 Å².